The molecule has 1 N–H and O–H groups in total. The smallest absolute Gasteiger partial charge is 0.506 e. The second-order valence-corrected chi connectivity index (χ2v) is 6.56. The molecular weight excluding hydrogens is 413 g/mol. The van der Waals surface area contributed by atoms with Crippen molar-refractivity contribution in [3.05, 3.63) is 63.4 Å². The number of anilines is 1. The largest absolute Gasteiger partial charge is 0.573 e. The van der Waals surface area contributed by atoms with Crippen molar-refractivity contribution in [2.75, 3.05) is 11.9 Å². The molecule has 29 heavy (non-hydrogen) atoms. The van der Waals surface area contributed by atoms with Gasteiger partial charge in [-0.25, -0.2) is 0 Å². The molecule has 0 bridgehead atoms. The molecule has 0 aliphatic heterocycles. The van der Waals surface area contributed by atoms with E-state index in [1.165, 1.54) is 50.5 Å². The van der Waals surface area contributed by atoms with Gasteiger partial charge in [0.15, 0.2) is 0 Å². The molecule has 3 aromatic rings. The lowest BCUT2D eigenvalue weighted by Gasteiger charge is -2.20. The number of aryl methyl sites for hydroxylation is 1. The van der Waals surface area contributed by atoms with Gasteiger partial charge in [0.05, 0.1) is 10.9 Å². The normalized spacial score (nSPS) is 11.5. The van der Waals surface area contributed by atoms with Crippen molar-refractivity contribution >= 4 is 34.1 Å². The summed E-state index contributed by atoms with van der Waals surface area (Å²) < 4.78 is 43.2. The van der Waals surface area contributed by atoms with Crippen LogP contribution in [0.2, 0.25) is 5.02 Å². The number of aromatic hydroxyl groups is 1. The lowest BCUT2D eigenvalue weighted by molar-refractivity contribution is -0.274. The standard InChI is InChI=1S/C19H14ClF3N2O4/c1-24(11-8-6-10(20)7-9-11)17(27)15-16(26)14-12(25(2)18(15)28)4-3-5-13(14)29-19(21,22)23/h3-9,26H,1-2H3. The Hall–Kier alpha value is -3.20. The van der Waals surface area contributed by atoms with Gasteiger partial charge in [0.1, 0.15) is 17.1 Å². The zero-order valence-corrected chi connectivity index (χ0v) is 15.9. The minimum absolute atomic E-state index is 0.0278. The highest BCUT2D eigenvalue weighted by Gasteiger charge is 2.33. The molecule has 0 aliphatic rings. The molecule has 0 radical (unpaired) electrons. The van der Waals surface area contributed by atoms with E-state index < -0.39 is 40.3 Å². The fourth-order valence-electron chi connectivity index (χ4n) is 2.89. The van der Waals surface area contributed by atoms with E-state index in [1.54, 1.807) is 0 Å². The molecule has 0 unspecified atom stereocenters. The lowest BCUT2D eigenvalue weighted by Crippen LogP contribution is -2.34. The van der Waals surface area contributed by atoms with E-state index in [0.717, 1.165) is 15.5 Å². The van der Waals surface area contributed by atoms with Gasteiger partial charge in [0, 0.05) is 24.8 Å². The highest BCUT2D eigenvalue weighted by Crippen LogP contribution is 2.37. The number of carbonyl (C=O) groups is 1. The molecule has 2 aromatic carbocycles. The first-order valence-electron chi connectivity index (χ1n) is 8.15. The summed E-state index contributed by atoms with van der Waals surface area (Å²) in [6.07, 6.45) is -5.03. The van der Waals surface area contributed by atoms with Crippen LogP contribution in [0.5, 0.6) is 11.5 Å². The summed E-state index contributed by atoms with van der Waals surface area (Å²) in [5.74, 6) is -2.53. The number of nitrogens with zero attached hydrogens (tertiary/aromatic N) is 2. The van der Waals surface area contributed by atoms with Crippen molar-refractivity contribution in [3.63, 3.8) is 0 Å². The van der Waals surface area contributed by atoms with Crippen LogP contribution in [0.1, 0.15) is 10.4 Å². The first-order chi connectivity index (χ1) is 13.5. The van der Waals surface area contributed by atoms with Gasteiger partial charge in [-0.3, -0.25) is 9.59 Å². The van der Waals surface area contributed by atoms with Crippen LogP contribution in [0.4, 0.5) is 18.9 Å². The summed E-state index contributed by atoms with van der Waals surface area (Å²) in [6, 6.07) is 9.63. The van der Waals surface area contributed by atoms with Crippen LogP contribution in [0, 0.1) is 0 Å². The van der Waals surface area contributed by atoms with Crippen LogP contribution in [-0.2, 0) is 7.05 Å². The van der Waals surface area contributed by atoms with Crippen molar-refractivity contribution in [1.82, 2.24) is 4.57 Å². The van der Waals surface area contributed by atoms with Crippen molar-refractivity contribution in [3.8, 4) is 11.5 Å². The number of amides is 1. The molecule has 152 valence electrons. The number of carbonyl (C=O) groups excluding carboxylic acids is 1. The van der Waals surface area contributed by atoms with Crippen molar-refractivity contribution in [2.24, 2.45) is 7.05 Å². The molecule has 0 fully saturated rings. The number of hydrogen-bond donors (Lipinski definition) is 1. The molecular formula is C19H14ClF3N2O4. The average Bonchev–Trinajstić information content (AvgIpc) is 2.65. The predicted octanol–water partition coefficient (Wildman–Crippen LogP) is 4.07. The van der Waals surface area contributed by atoms with Gasteiger partial charge in [0.25, 0.3) is 11.5 Å². The predicted molar refractivity (Wildman–Crippen MR) is 102 cm³/mol. The maximum Gasteiger partial charge on any atom is 0.573 e. The van der Waals surface area contributed by atoms with E-state index in [-0.39, 0.29) is 5.52 Å². The van der Waals surface area contributed by atoms with Crippen molar-refractivity contribution in [1.29, 1.82) is 0 Å². The summed E-state index contributed by atoms with van der Waals surface area (Å²) in [4.78, 5) is 26.7. The molecule has 10 heteroatoms. The van der Waals surface area contributed by atoms with Crippen LogP contribution < -0.4 is 15.2 Å². The Morgan fingerprint density at radius 3 is 2.38 bits per heavy atom. The monoisotopic (exact) mass is 426 g/mol. The molecule has 0 atom stereocenters. The molecule has 0 saturated carbocycles. The van der Waals surface area contributed by atoms with Gasteiger partial charge in [0.2, 0.25) is 0 Å². The number of alkyl halides is 3. The summed E-state index contributed by atoms with van der Waals surface area (Å²) in [6.45, 7) is 0. The van der Waals surface area contributed by atoms with Gasteiger partial charge >= 0.3 is 6.36 Å². The Balaban J connectivity index is 2.22. The van der Waals surface area contributed by atoms with E-state index in [2.05, 4.69) is 4.74 Å². The summed E-state index contributed by atoms with van der Waals surface area (Å²) in [7, 11) is 2.63. The third kappa shape index (κ3) is 3.86. The number of rotatable bonds is 3. The van der Waals surface area contributed by atoms with Crippen LogP contribution in [-0.4, -0.2) is 29.0 Å². The fourth-order valence-corrected chi connectivity index (χ4v) is 3.02. The first-order valence-corrected chi connectivity index (χ1v) is 8.53. The molecule has 1 aromatic heterocycles. The summed E-state index contributed by atoms with van der Waals surface area (Å²) in [5.41, 5.74) is -1.22. The molecule has 1 amide bonds. The van der Waals surface area contributed by atoms with E-state index in [4.69, 9.17) is 11.6 Å². The van der Waals surface area contributed by atoms with Gasteiger partial charge in [-0.2, -0.15) is 0 Å². The van der Waals surface area contributed by atoms with Crippen LogP contribution in [0.3, 0.4) is 0 Å². The van der Waals surface area contributed by atoms with Crippen molar-refractivity contribution in [2.45, 2.75) is 6.36 Å². The van der Waals surface area contributed by atoms with Gasteiger partial charge in [-0.05, 0) is 36.4 Å². The third-order valence-corrected chi connectivity index (χ3v) is 4.57. The minimum atomic E-state index is -5.03. The topological polar surface area (TPSA) is 71.8 Å². The molecule has 0 saturated heterocycles. The Morgan fingerprint density at radius 2 is 1.79 bits per heavy atom. The average molecular weight is 427 g/mol. The number of ether oxygens (including phenoxy) is 1. The maximum absolute atomic E-state index is 12.9. The summed E-state index contributed by atoms with van der Waals surface area (Å²) >= 11 is 5.82. The lowest BCUT2D eigenvalue weighted by atomic mass is 10.1. The van der Waals surface area contributed by atoms with Gasteiger partial charge in [-0.1, -0.05) is 17.7 Å². The minimum Gasteiger partial charge on any atom is -0.506 e. The van der Waals surface area contributed by atoms with Gasteiger partial charge < -0.3 is 19.3 Å². The summed E-state index contributed by atoms with van der Waals surface area (Å²) in [5, 5.41) is 10.6. The Labute approximate surface area is 167 Å². The second-order valence-electron chi connectivity index (χ2n) is 6.13. The number of pyridine rings is 1. The molecule has 3 rings (SSSR count). The highest BCUT2D eigenvalue weighted by atomic mass is 35.5. The Kier molecular flexibility index (Phi) is 5.18. The molecule has 1 heterocycles. The number of halogens is 4. The second kappa shape index (κ2) is 7.32. The van der Waals surface area contributed by atoms with E-state index in [0.29, 0.717) is 10.7 Å². The zero-order chi connectivity index (χ0) is 21.5. The number of fused-ring (bicyclic) bond motifs is 1. The Bertz CT molecular complexity index is 1160. The first kappa shape index (κ1) is 20.5. The van der Waals surface area contributed by atoms with Crippen LogP contribution in [0.15, 0.2) is 47.3 Å². The SMILES string of the molecule is CN(C(=O)c1c(O)c2c(OC(F)(F)F)cccc2n(C)c1=O)c1ccc(Cl)cc1. The van der Waals surface area contributed by atoms with E-state index in [9.17, 15) is 27.9 Å². The number of hydrogen-bond acceptors (Lipinski definition) is 4. The van der Waals surface area contributed by atoms with Crippen LogP contribution >= 0.6 is 11.6 Å². The van der Waals surface area contributed by atoms with Gasteiger partial charge in [-0.15, -0.1) is 13.2 Å². The van der Waals surface area contributed by atoms with Crippen molar-refractivity contribution < 1.29 is 27.8 Å². The number of benzene rings is 2. The third-order valence-electron chi connectivity index (χ3n) is 4.32. The molecule has 0 spiro atoms. The highest BCUT2D eigenvalue weighted by molar-refractivity contribution is 6.30. The van der Waals surface area contributed by atoms with E-state index >= 15 is 0 Å². The molecule has 6 nitrogen and oxygen atoms in total. The maximum atomic E-state index is 12.9. The fraction of sp³-hybridized carbons (Fsp3) is 0.158. The number of aromatic nitrogens is 1. The Morgan fingerprint density at radius 1 is 1.17 bits per heavy atom. The zero-order valence-electron chi connectivity index (χ0n) is 15.1. The van der Waals surface area contributed by atoms with Crippen LogP contribution in [0.25, 0.3) is 10.9 Å². The molecule has 0 aliphatic carbocycles. The van der Waals surface area contributed by atoms with E-state index in [1.807, 2.05) is 0 Å². The quantitative estimate of drug-likeness (QED) is 0.685.